The first kappa shape index (κ1) is 14.6. The summed E-state index contributed by atoms with van der Waals surface area (Å²) in [6.45, 7) is 6.60. The number of rotatable bonds is 2. The van der Waals surface area contributed by atoms with E-state index in [1.165, 1.54) is 39.2 Å². The van der Waals surface area contributed by atoms with E-state index in [0.717, 1.165) is 13.2 Å². The second kappa shape index (κ2) is 5.16. The van der Waals surface area contributed by atoms with Crippen LogP contribution in [0.1, 0.15) is 13.8 Å². The fraction of sp³-hybridized carbons (Fsp3) is 0.273. The van der Waals surface area contributed by atoms with Gasteiger partial charge in [-0.3, -0.25) is 0 Å². The molecule has 0 saturated carbocycles. The summed E-state index contributed by atoms with van der Waals surface area (Å²) in [4.78, 5) is 7.38. The monoisotopic (exact) mass is 329 g/mol. The van der Waals surface area contributed by atoms with Crippen LogP contribution in [0.5, 0.6) is 0 Å². The highest BCUT2D eigenvalue weighted by atomic mass is 15.4. The van der Waals surface area contributed by atoms with Crippen molar-refractivity contribution < 1.29 is 0 Å². The van der Waals surface area contributed by atoms with Crippen LogP contribution in [0.4, 0.5) is 28.4 Å². The fourth-order valence-corrected chi connectivity index (χ4v) is 4.37. The Kier molecular flexibility index (Phi) is 3.02. The summed E-state index contributed by atoms with van der Waals surface area (Å²) in [7, 11) is 2.20. The van der Waals surface area contributed by atoms with Gasteiger partial charge < -0.3 is 14.7 Å². The predicted octanol–water partition coefficient (Wildman–Crippen LogP) is 5.49. The molecule has 3 aromatic rings. The predicted molar refractivity (Wildman–Crippen MR) is 108 cm³/mol. The lowest BCUT2D eigenvalue weighted by molar-refractivity contribution is 0.622. The Balaban J connectivity index is 1.76. The second-order valence-electron chi connectivity index (χ2n) is 7.54. The molecule has 0 N–H and O–H groups in total. The Morgan fingerprint density at radius 1 is 0.840 bits per heavy atom. The van der Waals surface area contributed by atoms with Gasteiger partial charge in [0.2, 0.25) is 0 Å². The molecule has 126 valence electrons. The van der Waals surface area contributed by atoms with E-state index in [0.29, 0.717) is 5.92 Å². The van der Waals surface area contributed by atoms with E-state index in [9.17, 15) is 0 Å². The SMILES string of the molecule is CC(C)CN1CN2c3ccc4ccccc4c3N(C)c3cccc1c32. The normalized spacial score (nSPS) is 15.1. The molecule has 0 amide bonds. The molecule has 0 unspecified atom stereocenters. The lowest BCUT2D eigenvalue weighted by atomic mass is 10.0. The largest absolute Gasteiger partial charge is 0.351 e. The van der Waals surface area contributed by atoms with Gasteiger partial charge in [-0.2, -0.15) is 0 Å². The van der Waals surface area contributed by atoms with E-state index in [-0.39, 0.29) is 0 Å². The van der Waals surface area contributed by atoms with Crippen LogP contribution in [0.2, 0.25) is 0 Å². The number of nitrogens with zero attached hydrogens (tertiary/aromatic N) is 3. The van der Waals surface area contributed by atoms with Crippen LogP contribution in [0, 0.1) is 5.92 Å². The quantitative estimate of drug-likeness (QED) is 0.615. The highest BCUT2D eigenvalue weighted by molar-refractivity contribution is 6.10. The third-order valence-electron chi connectivity index (χ3n) is 5.37. The maximum absolute atomic E-state index is 2.52. The Morgan fingerprint density at radius 2 is 1.64 bits per heavy atom. The molecule has 0 fully saturated rings. The van der Waals surface area contributed by atoms with Gasteiger partial charge in [0.25, 0.3) is 0 Å². The van der Waals surface area contributed by atoms with Crippen molar-refractivity contribution in [3.05, 3.63) is 54.6 Å². The number of hydrogen-bond acceptors (Lipinski definition) is 3. The molecule has 3 heteroatoms. The number of para-hydroxylation sites is 1. The lowest BCUT2D eigenvalue weighted by Gasteiger charge is -2.36. The van der Waals surface area contributed by atoms with Crippen LogP contribution in [0.15, 0.2) is 54.6 Å². The molecule has 0 aliphatic carbocycles. The first-order chi connectivity index (χ1) is 12.1. The van der Waals surface area contributed by atoms with E-state index in [1.54, 1.807) is 0 Å². The molecule has 0 atom stereocenters. The number of anilines is 5. The van der Waals surface area contributed by atoms with Crippen LogP contribution in [0.25, 0.3) is 10.8 Å². The zero-order valence-electron chi connectivity index (χ0n) is 15.0. The average molecular weight is 329 g/mol. The average Bonchev–Trinajstić information content (AvgIpc) is 2.98. The van der Waals surface area contributed by atoms with E-state index in [2.05, 4.69) is 90.2 Å². The number of benzene rings is 3. The summed E-state index contributed by atoms with van der Waals surface area (Å²) < 4.78 is 0. The van der Waals surface area contributed by atoms with E-state index >= 15 is 0 Å². The van der Waals surface area contributed by atoms with E-state index in [4.69, 9.17) is 0 Å². The van der Waals surface area contributed by atoms with Crippen LogP contribution < -0.4 is 14.7 Å². The Hall–Kier alpha value is -2.68. The highest BCUT2D eigenvalue weighted by Gasteiger charge is 2.36. The van der Waals surface area contributed by atoms with Gasteiger partial charge in [-0.05, 0) is 29.5 Å². The molecule has 2 aliphatic rings. The van der Waals surface area contributed by atoms with Gasteiger partial charge in [0.1, 0.15) is 0 Å². The molecule has 2 aliphatic heterocycles. The molecule has 5 rings (SSSR count). The summed E-state index contributed by atoms with van der Waals surface area (Å²) >= 11 is 0. The Bertz CT molecular complexity index is 976. The van der Waals surface area contributed by atoms with E-state index in [1.807, 2.05) is 0 Å². The minimum absolute atomic E-state index is 0.644. The zero-order valence-corrected chi connectivity index (χ0v) is 15.0. The van der Waals surface area contributed by atoms with Gasteiger partial charge in [0.15, 0.2) is 0 Å². The van der Waals surface area contributed by atoms with Crippen molar-refractivity contribution in [3.8, 4) is 0 Å². The molecule has 25 heavy (non-hydrogen) atoms. The molecule has 0 bridgehead atoms. The number of fused-ring (bicyclic) bond motifs is 4. The molecule has 3 nitrogen and oxygen atoms in total. The van der Waals surface area contributed by atoms with Crippen molar-refractivity contribution in [1.29, 1.82) is 0 Å². The summed E-state index contributed by atoms with van der Waals surface area (Å²) in [6.07, 6.45) is 0. The molecule has 0 aromatic heterocycles. The van der Waals surface area contributed by atoms with Crippen molar-refractivity contribution in [2.75, 3.05) is 35.0 Å². The molecule has 3 aromatic carbocycles. The maximum atomic E-state index is 2.52. The first-order valence-electron chi connectivity index (χ1n) is 9.06. The molecule has 0 spiro atoms. The third-order valence-corrected chi connectivity index (χ3v) is 5.37. The third kappa shape index (κ3) is 1.98. The molecule has 2 heterocycles. The summed E-state index contributed by atoms with van der Waals surface area (Å²) in [5.41, 5.74) is 6.64. The highest BCUT2D eigenvalue weighted by Crippen LogP contribution is 2.55. The van der Waals surface area contributed by atoms with Gasteiger partial charge in [0, 0.05) is 19.0 Å². The Morgan fingerprint density at radius 3 is 2.48 bits per heavy atom. The lowest BCUT2D eigenvalue weighted by Crippen LogP contribution is -2.32. The zero-order chi connectivity index (χ0) is 17.1. The van der Waals surface area contributed by atoms with Crippen molar-refractivity contribution in [1.82, 2.24) is 0 Å². The molecule has 0 saturated heterocycles. The van der Waals surface area contributed by atoms with Crippen LogP contribution in [-0.2, 0) is 0 Å². The number of hydrogen-bond donors (Lipinski definition) is 0. The van der Waals surface area contributed by atoms with Crippen molar-refractivity contribution in [2.24, 2.45) is 5.92 Å². The topological polar surface area (TPSA) is 9.72 Å². The first-order valence-corrected chi connectivity index (χ1v) is 9.06. The van der Waals surface area contributed by atoms with Crippen LogP contribution in [0.3, 0.4) is 0 Å². The van der Waals surface area contributed by atoms with Gasteiger partial charge in [-0.25, -0.2) is 0 Å². The summed E-state index contributed by atoms with van der Waals surface area (Å²) in [5, 5.41) is 2.62. The van der Waals surface area contributed by atoms with Crippen molar-refractivity contribution in [2.45, 2.75) is 13.8 Å². The molecular weight excluding hydrogens is 306 g/mol. The van der Waals surface area contributed by atoms with Gasteiger partial charge in [-0.15, -0.1) is 0 Å². The standard InChI is InChI=1S/C22H23N3/c1-15(2)13-24-14-25-20-12-11-16-7-4-5-8-17(16)21(20)23(3)18-9-6-10-19(24)22(18)25/h4-12,15H,13-14H2,1-3H3. The van der Waals surface area contributed by atoms with Gasteiger partial charge >= 0.3 is 0 Å². The van der Waals surface area contributed by atoms with Crippen LogP contribution >= 0.6 is 0 Å². The van der Waals surface area contributed by atoms with Crippen LogP contribution in [-0.4, -0.2) is 20.3 Å². The van der Waals surface area contributed by atoms with Gasteiger partial charge in [-0.1, -0.05) is 50.2 Å². The smallest absolute Gasteiger partial charge is 0.0954 e. The van der Waals surface area contributed by atoms with Crippen molar-refractivity contribution in [3.63, 3.8) is 0 Å². The molecule has 0 radical (unpaired) electrons. The fourth-order valence-electron chi connectivity index (χ4n) is 4.37. The molecular formula is C22H23N3. The minimum atomic E-state index is 0.644. The summed E-state index contributed by atoms with van der Waals surface area (Å²) in [6, 6.07) is 19.9. The summed E-state index contributed by atoms with van der Waals surface area (Å²) in [5.74, 6) is 0.644. The van der Waals surface area contributed by atoms with Crippen molar-refractivity contribution >= 4 is 39.2 Å². The minimum Gasteiger partial charge on any atom is -0.351 e. The Labute approximate surface area is 149 Å². The van der Waals surface area contributed by atoms with Gasteiger partial charge in [0.05, 0.1) is 35.1 Å². The maximum Gasteiger partial charge on any atom is 0.0954 e. The van der Waals surface area contributed by atoms with E-state index < -0.39 is 0 Å². The second-order valence-corrected chi connectivity index (χ2v) is 7.54.